The lowest BCUT2D eigenvalue weighted by molar-refractivity contribution is -0.175. The fourth-order valence-electron chi connectivity index (χ4n) is 2.45. The van der Waals surface area contributed by atoms with Crippen molar-refractivity contribution >= 4 is 11.8 Å². The van der Waals surface area contributed by atoms with Gasteiger partial charge in [-0.05, 0) is 40.0 Å². The van der Waals surface area contributed by atoms with Crippen LogP contribution in [0, 0.1) is 0 Å². The molecule has 0 unspecified atom stereocenters. The lowest BCUT2D eigenvalue weighted by atomic mass is 9.99. The van der Waals surface area contributed by atoms with E-state index in [9.17, 15) is 22.8 Å². The van der Waals surface area contributed by atoms with Crippen LogP contribution in [0.3, 0.4) is 0 Å². The minimum atomic E-state index is -4.40. The molecule has 1 N–H and O–H groups in total. The molecule has 0 aromatic carbocycles. The molecule has 1 rings (SSSR count). The van der Waals surface area contributed by atoms with E-state index in [-0.39, 0.29) is 24.8 Å². The highest BCUT2D eigenvalue weighted by Gasteiger charge is 2.33. The molecule has 0 aromatic heterocycles. The number of piperidine rings is 1. The van der Waals surface area contributed by atoms with Gasteiger partial charge in [-0.2, -0.15) is 13.2 Å². The van der Waals surface area contributed by atoms with Gasteiger partial charge in [-0.1, -0.05) is 0 Å². The molecule has 0 bridgehead atoms. The lowest BCUT2D eigenvalue weighted by Crippen LogP contribution is -2.55. The Morgan fingerprint density at radius 3 is 2.43 bits per heavy atom. The van der Waals surface area contributed by atoms with Gasteiger partial charge in [0.15, 0.2) is 0 Å². The summed E-state index contributed by atoms with van der Waals surface area (Å²) in [6, 6.07) is -0.557. The number of halogens is 3. The van der Waals surface area contributed by atoms with E-state index >= 15 is 0 Å². The topological polar surface area (TPSA) is 58.6 Å². The minimum absolute atomic E-state index is 0.157. The quantitative estimate of drug-likeness (QED) is 0.782. The maximum Gasteiger partial charge on any atom is 0.411 e. The summed E-state index contributed by atoms with van der Waals surface area (Å²) in [5, 5.41) is 2.85. The van der Waals surface area contributed by atoms with Gasteiger partial charge in [0.05, 0.1) is 13.0 Å². The van der Waals surface area contributed by atoms with Gasteiger partial charge in [-0.15, -0.1) is 0 Å². The number of nitrogens with one attached hydrogen (secondary N) is 1. The number of carbonyl (C=O) groups excluding carboxylic acids is 2. The first-order chi connectivity index (χ1) is 10.5. The molecule has 0 radical (unpaired) electrons. The predicted molar refractivity (Wildman–Crippen MR) is 78.7 cm³/mol. The number of ether oxygens (including phenoxy) is 1. The number of alkyl halides is 3. The Hall–Kier alpha value is -1.31. The van der Waals surface area contributed by atoms with Crippen molar-refractivity contribution in [1.82, 2.24) is 10.2 Å². The van der Waals surface area contributed by atoms with Crippen LogP contribution in [0.2, 0.25) is 0 Å². The molecule has 1 saturated heterocycles. The molecule has 5 nitrogen and oxygen atoms in total. The fraction of sp³-hybridized carbons (Fsp3) is 0.867. The predicted octanol–water partition coefficient (Wildman–Crippen LogP) is 2.25. The van der Waals surface area contributed by atoms with Gasteiger partial charge in [-0.25, -0.2) is 0 Å². The molecule has 1 heterocycles. The Kier molecular flexibility index (Phi) is 6.85. The molecule has 0 spiro atoms. The molecule has 8 heteroatoms. The highest BCUT2D eigenvalue weighted by Crippen LogP contribution is 2.19. The maximum absolute atomic E-state index is 12.3. The average molecular weight is 338 g/mol. The van der Waals surface area contributed by atoms with E-state index in [1.165, 1.54) is 4.90 Å². The SMILES string of the molecule is CC(C)(C)NC(=O)[C@@H]1CCCCN1C(=O)CCOCC(F)(F)F. The molecular formula is C15H25F3N2O3. The first-order valence-corrected chi connectivity index (χ1v) is 7.75. The molecule has 2 amide bonds. The summed E-state index contributed by atoms with van der Waals surface area (Å²) in [7, 11) is 0. The Morgan fingerprint density at radius 1 is 1.22 bits per heavy atom. The van der Waals surface area contributed by atoms with Crippen molar-refractivity contribution in [3.63, 3.8) is 0 Å². The molecule has 0 aromatic rings. The standard InChI is InChI=1S/C15H25F3N2O3/c1-14(2,3)19-13(22)11-6-4-5-8-20(11)12(21)7-9-23-10-15(16,17)18/h11H,4-10H2,1-3H3,(H,19,22)/t11-/m0/s1. The summed E-state index contributed by atoms with van der Waals surface area (Å²) in [5.74, 6) is -0.567. The Labute approximate surface area is 134 Å². The van der Waals surface area contributed by atoms with Gasteiger partial charge in [0.1, 0.15) is 12.6 Å². The normalized spacial score (nSPS) is 19.6. The molecule has 1 fully saturated rings. The number of amides is 2. The van der Waals surface area contributed by atoms with E-state index in [0.717, 1.165) is 12.8 Å². The largest absolute Gasteiger partial charge is 0.411 e. The Morgan fingerprint density at radius 2 is 1.87 bits per heavy atom. The van der Waals surface area contributed by atoms with Gasteiger partial charge in [-0.3, -0.25) is 9.59 Å². The van der Waals surface area contributed by atoms with E-state index in [0.29, 0.717) is 13.0 Å². The highest BCUT2D eigenvalue weighted by molar-refractivity contribution is 5.88. The van der Waals surface area contributed by atoms with E-state index in [4.69, 9.17) is 0 Å². The Bertz CT molecular complexity index is 419. The molecule has 0 aliphatic carbocycles. The van der Waals surface area contributed by atoms with Gasteiger partial charge >= 0.3 is 6.18 Å². The zero-order valence-electron chi connectivity index (χ0n) is 13.8. The van der Waals surface area contributed by atoms with Crippen molar-refractivity contribution in [3.8, 4) is 0 Å². The zero-order valence-corrected chi connectivity index (χ0v) is 13.8. The summed E-state index contributed by atoms with van der Waals surface area (Å²) in [6.45, 7) is 4.33. The van der Waals surface area contributed by atoms with Gasteiger partial charge < -0.3 is 15.0 Å². The van der Waals surface area contributed by atoms with Crippen LogP contribution in [0.15, 0.2) is 0 Å². The van der Waals surface area contributed by atoms with Crippen LogP contribution in [-0.4, -0.2) is 54.2 Å². The first kappa shape index (κ1) is 19.7. The van der Waals surface area contributed by atoms with Gasteiger partial charge in [0, 0.05) is 12.1 Å². The number of nitrogens with zero attached hydrogens (tertiary/aromatic N) is 1. The van der Waals surface area contributed by atoms with Crippen LogP contribution >= 0.6 is 0 Å². The van der Waals surface area contributed by atoms with Crippen LogP contribution in [-0.2, 0) is 14.3 Å². The van der Waals surface area contributed by atoms with E-state index in [1.54, 1.807) is 0 Å². The molecule has 1 aliphatic heterocycles. The second-order valence-electron chi connectivity index (χ2n) is 6.76. The summed E-state index contributed by atoms with van der Waals surface area (Å²) in [4.78, 5) is 26.0. The summed E-state index contributed by atoms with van der Waals surface area (Å²) in [5.41, 5.74) is -0.404. The van der Waals surface area contributed by atoms with Gasteiger partial charge in [0.25, 0.3) is 0 Å². The summed E-state index contributed by atoms with van der Waals surface area (Å²) >= 11 is 0. The molecular weight excluding hydrogens is 313 g/mol. The van der Waals surface area contributed by atoms with Crippen LogP contribution < -0.4 is 5.32 Å². The molecule has 134 valence electrons. The van der Waals surface area contributed by atoms with Crippen molar-refractivity contribution in [2.24, 2.45) is 0 Å². The third-order valence-electron chi connectivity index (χ3n) is 3.35. The average Bonchev–Trinajstić information content (AvgIpc) is 2.40. The number of hydrogen-bond acceptors (Lipinski definition) is 3. The highest BCUT2D eigenvalue weighted by atomic mass is 19.4. The van der Waals surface area contributed by atoms with E-state index in [2.05, 4.69) is 10.1 Å². The number of hydrogen-bond donors (Lipinski definition) is 1. The summed E-state index contributed by atoms with van der Waals surface area (Å²) < 4.78 is 40.4. The monoisotopic (exact) mass is 338 g/mol. The molecule has 0 saturated carbocycles. The second kappa shape index (κ2) is 7.99. The first-order valence-electron chi connectivity index (χ1n) is 7.75. The van der Waals surface area contributed by atoms with Crippen LogP contribution in [0.4, 0.5) is 13.2 Å². The van der Waals surface area contributed by atoms with Crippen molar-refractivity contribution in [1.29, 1.82) is 0 Å². The van der Waals surface area contributed by atoms with Crippen LogP contribution in [0.1, 0.15) is 46.5 Å². The third kappa shape index (κ3) is 7.67. The molecule has 23 heavy (non-hydrogen) atoms. The summed E-state index contributed by atoms with van der Waals surface area (Å²) in [6.07, 6.45) is -2.36. The van der Waals surface area contributed by atoms with Crippen molar-refractivity contribution in [2.75, 3.05) is 19.8 Å². The number of rotatable bonds is 5. The lowest BCUT2D eigenvalue weighted by Gasteiger charge is -2.36. The number of carbonyl (C=O) groups is 2. The van der Waals surface area contributed by atoms with E-state index in [1.807, 2.05) is 20.8 Å². The van der Waals surface area contributed by atoms with E-state index < -0.39 is 24.4 Å². The van der Waals surface area contributed by atoms with Crippen molar-refractivity contribution in [3.05, 3.63) is 0 Å². The third-order valence-corrected chi connectivity index (χ3v) is 3.35. The van der Waals surface area contributed by atoms with Crippen molar-refractivity contribution in [2.45, 2.75) is 64.2 Å². The Balaban J connectivity index is 2.53. The fourth-order valence-corrected chi connectivity index (χ4v) is 2.45. The minimum Gasteiger partial charge on any atom is -0.372 e. The zero-order chi connectivity index (χ0) is 17.7. The maximum atomic E-state index is 12.3. The second-order valence-corrected chi connectivity index (χ2v) is 6.76. The van der Waals surface area contributed by atoms with Crippen LogP contribution in [0.5, 0.6) is 0 Å². The smallest absolute Gasteiger partial charge is 0.372 e. The molecule has 1 aliphatic rings. The van der Waals surface area contributed by atoms with Gasteiger partial charge in [0.2, 0.25) is 11.8 Å². The van der Waals surface area contributed by atoms with Crippen molar-refractivity contribution < 1.29 is 27.5 Å². The number of likely N-dealkylation sites (tertiary alicyclic amines) is 1. The molecule has 1 atom stereocenters. The van der Waals surface area contributed by atoms with Crippen LogP contribution in [0.25, 0.3) is 0 Å².